The second-order valence-electron chi connectivity index (χ2n) is 7.82. The summed E-state index contributed by atoms with van der Waals surface area (Å²) in [6.45, 7) is 11.5. The SMILES string of the molecule is Cc1c(-c2ccc(C(C)(C)C)cc2)cccc1N1CCCCC1. The minimum absolute atomic E-state index is 0.212. The fraction of sp³-hybridized carbons (Fsp3) is 0.455. The molecule has 0 aliphatic carbocycles. The van der Waals surface area contributed by atoms with Crippen LogP contribution in [0.25, 0.3) is 11.1 Å². The molecule has 0 bridgehead atoms. The van der Waals surface area contributed by atoms with Crippen molar-refractivity contribution in [3.05, 3.63) is 53.6 Å². The number of rotatable bonds is 2. The first kappa shape index (κ1) is 16.1. The van der Waals surface area contributed by atoms with Crippen molar-refractivity contribution in [2.75, 3.05) is 18.0 Å². The van der Waals surface area contributed by atoms with Gasteiger partial charge in [-0.1, -0.05) is 57.2 Å². The zero-order valence-electron chi connectivity index (χ0n) is 15.0. The Morgan fingerprint density at radius 3 is 2.09 bits per heavy atom. The quantitative estimate of drug-likeness (QED) is 0.662. The Labute approximate surface area is 141 Å². The molecule has 3 rings (SSSR count). The summed E-state index contributed by atoms with van der Waals surface area (Å²) in [4.78, 5) is 2.56. The Morgan fingerprint density at radius 2 is 1.48 bits per heavy atom. The van der Waals surface area contributed by atoms with Gasteiger partial charge in [0, 0.05) is 18.8 Å². The summed E-state index contributed by atoms with van der Waals surface area (Å²) in [7, 11) is 0. The van der Waals surface area contributed by atoms with E-state index in [1.807, 2.05) is 0 Å². The maximum atomic E-state index is 2.56. The van der Waals surface area contributed by atoms with Crippen LogP contribution in [-0.4, -0.2) is 13.1 Å². The zero-order chi connectivity index (χ0) is 16.4. The minimum Gasteiger partial charge on any atom is -0.371 e. The second-order valence-corrected chi connectivity index (χ2v) is 7.82. The summed E-state index contributed by atoms with van der Waals surface area (Å²) in [5, 5.41) is 0. The van der Waals surface area contributed by atoms with Gasteiger partial charge in [-0.2, -0.15) is 0 Å². The van der Waals surface area contributed by atoms with Crippen LogP contribution in [-0.2, 0) is 5.41 Å². The van der Waals surface area contributed by atoms with Gasteiger partial charge in [-0.3, -0.25) is 0 Å². The van der Waals surface area contributed by atoms with E-state index in [4.69, 9.17) is 0 Å². The maximum Gasteiger partial charge on any atom is 0.0402 e. The van der Waals surface area contributed by atoms with Crippen LogP contribution in [0.3, 0.4) is 0 Å². The summed E-state index contributed by atoms with van der Waals surface area (Å²) < 4.78 is 0. The molecule has 122 valence electrons. The summed E-state index contributed by atoms with van der Waals surface area (Å²) in [6, 6.07) is 15.9. The fourth-order valence-corrected chi connectivity index (χ4v) is 3.56. The number of hydrogen-bond donors (Lipinski definition) is 0. The zero-order valence-corrected chi connectivity index (χ0v) is 15.0. The lowest BCUT2D eigenvalue weighted by atomic mass is 9.86. The van der Waals surface area contributed by atoms with E-state index >= 15 is 0 Å². The van der Waals surface area contributed by atoms with Crippen LogP contribution in [0.15, 0.2) is 42.5 Å². The third-order valence-electron chi connectivity index (χ3n) is 5.06. The van der Waals surface area contributed by atoms with Gasteiger partial charge >= 0.3 is 0 Å². The van der Waals surface area contributed by atoms with Gasteiger partial charge in [-0.15, -0.1) is 0 Å². The first-order valence-corrected chi connectivity index (χ1v) is 8.92. The lowest BCUT2D eigenvalue weighted by Gasteiger charge is -2.31. The Kier molecular flexibility index (Phi) is 4.48. The summed E-state index contributed by atoms with van der Waals surface area (Å²) in [6.07, 6.45) is 4.03. The molecular formula is C22H29N. The van der Waals surface area contributed by atoms with Crippen molar-refractivity contribution in [1.82, 2.24) is 0 Å². The Hall–Kier alpha value is -1.76. The standard InChI is InChI=1S/C22H29N/c1-17-20(18-11-13-19(14-12-18)22(2,3)4)9-8-10-21(17)23-15-6-5-7-16-23/h8-14H,5-7,15-16H2,1-4H3. The van der Waals surface area contributed by atoms with Gasteiger partial charge in [-0.25, -0.2) is 0 Å². The van der Waals surface area contributed by atoms with Crippen molar-refractivity contribution in [3.8, 4) is 11.1 Å². The molecule has 0 saturated carbocycles. The number of benzene rings is 2. The second kappa shape index (κ2) is 6.39. The smallest absolute Gasteiger partial charge is 0.0402 e. The molecule has 2 aromatic rings. The average Bonchev–Trinajstić information content (AvgIpc) is 2.55. The highest BCUT2D eigenvalue weighted by molar-refractivity contribution is 5.74. The van der Waals surface area contributed by atoms with Gasteiger partial charge in [0.15, 0.2) is 0 Å². The van der Waals surface area contributed by atoms with Crippen LogP contribution in [0.2, 0.25) is 0 Å². The Morgan fingerprint density at radius 1 is 0.826 bits per heavy atom. The van der Waals surface area contributed by atoms with Crippen LogP contribution in [0.5, 0.6) is 0 Å². The van der Waals surface area contributed by atoms with Crippen molar-refractivity contribution in [2.24, 2.45) is 0 Å². The topological polar surface area (TPSA) is 3.24 Å². The Balaban J connectivity index is 1.94. The largest absolute Gasteiger partial charge is 0.371 e. The molecule has 0 unspecified atom stereocenters. The average molecular weight is 307 g/mol. The van der Waals surface area contributed by atoms with Crippen molar-refractivity contribution in [3.63, 3.8) is 0 Å². The normalized spacial score (nSPS) is 15.7. The molecule has 1 nitrogen and oxygen atoms in total. The highest BCUT2D eigenvalue weighted by atomic mass is 15.1. The lowest BCUT2D eigenvalue weighted by Crippen LogP contribution is -2.30. The minimum atomic E-state index is 0.212. The maximum absolute atomic E-state index is 2.56. The molecule has 1 fully saturated rings. The van der Waals surface area contributed by atoms with Crippen molar-refractivity contribution >= 4 is 5.69 Å². The molecule has 2 aromatic carbocycles. The van der Waals surface area contributed by atoms with Crippen molar-refractivity contribution in [1.29, 1.82) is 0 Å². The molecule has 1 heterocycles. The molecule has 0 N–H and O–H groups in total. The molecular weight excluding hydrogens is 278 g/mol. The monoisotopic (exact) mass is 307 g/mol. The van der Waals surface area contributed by atoms with Crippen LogP contribution < -0.4 is 4.90 Å². The predicted octanol–water partition coefficient (Wildman–Crippen LogP) is 5.95. The van der Waals surface area contributed by atoms with Gasteiger partial charge in [0.05, 0.1) is 0 Å². The Bertz CT molecular complexity index is 655. The van der Waals surface area contributed by atoms with Crippen LogP contribution in [0, 0.1) is 6.92 Å². The molecule has 0 radical (unpaired) electrons. The van der Waals surface area contributed by atoms with Crippen LogP contribution in [0.4, 0.5) is 5.69 Å². The molecule has 0 spiro atoms. The van der Waals surface area contributed by atoms with Crippen molar-refractivity contribution < 1.29 is 0 Å². The van der Waals surface area contributed by atoms with Gasteiger partial charge in [0.25, 0.3) is 0 Å². The van der Waals surface area contributed by atoms with Gasteiger partial charge in [0.1, 0.15) is 0 Å². The fourth-order valence-electron chi connectivity index (χ4n) is 3.56. The predicted molar refractivity (Wildman–Crippen MR) is 101 cm³/mol. The number of anilines is 1. The molecule has 1 aliphatic rings. The van der Waals surface area contributed by atoms with E-state index in [1.165, 1.54) is 60.3 Å². The van der Waals surface area contributed by atoms with E-state index in [2.05, 4.69) is 75.1 Å². The number of piperidine rings is 1. The molecule has 1 saturated heterocycles. The van der Waals surface area contributed by atoms with Gasteiger partial charge in [-0.05, 0) is 59.9 Å². The van der Waals surface area contributed by atoms with Gasteiger partial charge < -0.3 is 4.90 Å². The molecule has 0 aromatic heterocycles. The molecule has 1 aliphatic heterocycles. The van der Waals surface area contributed by atoms with Crippen LogP contribution in [0.1, 0.15) is 51.2 Å². The third kappa shape index (κ3) is 3.44. The van der Waals surface area contributed by atoms with E-state index in [1.54, 1.807) is 0 Å². The number of nitrogens with zero attached hydrogens (tertiary/aromatic N) is 1. The summed E-state index contributed by atoms with van der Waals surface area (Å²) >= 11 is 0. The van der Waals surface area contributed by atoms with E-state index in [0.717, 1.165) is 0 Å². The van der Waals surface area contributed by atoms with Crippen LogP contribution >= 0.6 is 0 Å². The molecule has 23 heavy (non-hydrogen) atoms. The highest BCUT2D eigenvalue weighted by Crippen LogP contribution is 2.33. The molecule has 0 amide bonds. The first-order chi connectivity index (χ1) is 11.0. The van der Waals surface area contributed by atoms with Crippen molar-refractivity contribution in [2.45, 2.75) is 52.4 Å². The number of hydrogen-bond acceptors (Lipinski definition) is 1. The summed E-state index contributed by atoms with van der Waals surface area (Å²) in [5.41, 5.74) is 7.14. The first-order valence-electron chi connectivity index (χ1n) is 8.92. The van der Waals surface area contributed by atoms with Gasteiger partial charge in [0.2, 0.25) is 0 Å². The lowest BCUT2D eigenvalue weighted by molar-refractivity contribution is 0.577. The highest BCUT2D eigenvalue weighted by Gasteiger charge is 2.16. The van der Waals surface area contributed by atoms with E-state index in [-0.39, 0.29) is 5.41 Å². The van der Waals surface area contributed by atoms with E-state index < -0.39 is 0 Å². The molecule has 0 atom stereocenters. The molecule has 1 heteroatoms. The van der Waals surface area contributed by atoms with E-state index in [9.17, 15) is 0 Å². The third-order valence-corrected chi connectivity index (χ3v) is 5.06. The summed E-state index contributed by atoms with van der Waals surface area (Å²) in [5.74, 6) is 0. The van der Waals surface area contributed by atoms with E-state index in [0.29, 0.717) is 0 Å².